The molecular formula is C60H47NS. The molecule has 0 amide bonds. The summed E-state index contributed by atoms with van der Waals surface area (Å²) in [5.74, 6) is 0.489. The van der Waals surface area contributed by atoms with Crippen LogP contribution in [-0.4, -0.2) is 6.04 Å². The predicted octanol–water partition coefficient (Wildman–Crippen LogP) is 15.4. The van der Waals surface area contributed by atoms with Gasteiger partial charge in [0.15, 0.2) is 0 Å². The van der Waals surface area contributed by atoms with E-state index < -0.39 is 0 Å². The minimum Gasteiger partial charge on any atom is -0.337 e. The van der Waals surface area contributed by atoms with Crippen LogP contribution in [0.15, 0.2) is 205 Å². The van der Waals surface area contributed by atoms with E-state index >= 15 is 0 Å². The van der Waals surface area contributed by atoms with Gasteiger partial charge in [0.1, 0.15) is 0 Å². The zero-order valence-electron chi connectivity index (χ0n) is 35.2. The van der Waals surface area contributed by atoms with E-state index in [-0.39, 0.29) is 28.7 Å². The second-order valence-corrected chi connectivity index (χ2v) is 19.6. The Kier molecular flexibility index (Phi) is 7.89. The van der Waals surface area contributed by atoms with Crippen LogP contribution >= 0.6 is 11.3 Å². The van der Waals surface area contributed by atoms with Gasteiger partial charge in [-0.25, -0.2) is 0 Å². The molecule has 6 aliphatic carbocycles. The highest BCUT2D eigenvalue weighted by atomic mass is 32.1. The molecule has 0 N–H and O–H groups in total. The van der Waals surface area contributed by atoms with Crippen molar-refractivity contribution in [2.45, 2.75) is 55.9 Å². The van der Waals surface area contributed by atoms with Crippen LogP contribution in [0, 0.1) is 5.92 Å². The van der Waals surface area contributed by atoms with Crippen molar-refractivity contribution in [2.75, 3.05) is 4.90 Å². The Morgan fingerprint density at radius 3 is 2.34 bits per heavy atom. The van der Waals surface area contributed by atoms with Gasteiger partial charge in [0.05, 0.1) is 11.5 Å². The number of hydrogen-bond donors (Lipinski definition) is 0. The van der Waals surface area contributed by atoms with Gasteiger partial charge in [-0.3, -0.25) is 0 Å². The molecule has 4 atom stereocenters. The summed E-state index contributed by atoms with van der Waals surface area (Å²) in [5.41, 5.74) is 19.1. The Hall–Kier alpha value is -6.48. The molecule has 0 saturated carbocycles. The normalized spacial score (nSPS) is 23.4. The van der Waals surface area contributed by atoms with E-state index in [1.54, 1.807) is 0 Å². The molecule has 0 aliphatic heterocycles. The van der Waals surface area contributed by atoms with Gasteiger partial charge >= 0.3 is 0 Å². The topological polar surface area (TPSA) is 3.24 Å². The van der Waals surface area contributed by atoms with Crippen LogP contribution in [0.3, 0.4) is 0 Å². The van der Waals surface area contributed by atoms with Crippen molar-refractivity contribution in [2.24, 2.45) is 5.92 Å². The number of nitrogens with zero attached hydrogens (tertiary/aromatic N) is 1. The number of hydrogen-bond acceptors (Lipinski definition) is 2. The van der Waals surface area contributed by atoms with Crippen LogP contribution < -0.4 is 4.90 Å². The predicted molar refractivity (Wildman–Crippen MR) is 263 cm³/mol. The Morgan fingerprint density at radius 2 is 1.45 bits per heavy atom. The first-order valence-electron chi connectivity index (χ1n) is 22.5. The number of thiophene rings is 1. The molecule has 6 aromatic carbocycles. The summed E-state index contributed by atoms with van der Waals surface area (Å²) >= 11 is 1.98. The van der Waals surface area contributed by atoms with Crippen LogP contribution in [0.1, 0.15) is 78.0 Å². The average molecular weight is 814 g/mol. The van der Waals surface area contributed by atoms with Gasteiger partial charge < -0.3 is 4.90 Å². The first-order valence-corrected chi connectivity index (χ1v) is 23.3. The van der Waals surface area contributed by atoms with Crippen molar-refractivity contribution in [3.63, 3.8) is 0 Å². The van der Waals surface area contributed by atoms with Crippen LogP contribution in [0.25, 0.3) is 42.9 Å². The van der Waals surface area contributed by atoms with Crippen molar-refractivity contribution < 1.29 is 0 Å². The van der Waals surface area contributed by atoms with Gasteiger partial charge in [0, 0.05) is 54.4 Å². The second kappa shape index (κ2) is 13.5. The zero-order chi connectivity index (χ0) is 41.2. The van der Waals surface area contributed by atoms with Crippen molar-refractivity contribution in [1.29, 1.82) is 0 Å². The fourth-order valence-electron chi connectivity index (χ4n) is 12.4. The molecular weight excluding hydrogens is 767 g/mol. The zero-order valence-corrected chi connectivity index (χ0v) is 36.0. The van der Waals surface area contributed by atoms with Gasteiger partial charge in [-0.15, -0.1) is 11.3 Å². The summed E-state index contributed by atoms with van der Waals surface area (Å²) in [6.45, 7) is 4.82. The Morgan fingerprint density at radius 1 is 0.661 bits per heavy atom. The first-order chi connectivity index (χ1) is 30.5. The largest absolute Gasteiger partial charge is 0.337 e. The molecule has 0 saturated heterocycles. The highest BCUT2D eigenvalue weighted by molar-refractivity contribution is 7.26. The monoisotopic (exact) mass is 813 g/mol. The maximum absolute atomic E-state index is 2.76. The molecule has 4 unspecified atom stereocenters. The third kappa shape index (κ3) is 4.96. The third-order valence-electron chi connectivity index (χ3n) is 15.2. The Balaban J connectivity index is 1.06. The molecule has 1 heterocycles. The van der Waals surface area contributed by atoms with Crippen LogP contribution in [-0.2, 0) is 10.8 Å². The third-order valence-corrected chi connectivity index (χ3v) is 16.4. The van der Waals surface area contributed by atoms with E-state index in [0.29, 0.717) is 0 Å². The van der Waals surface area contributed by atoms with Crippen molar-refractivity contribution in [3.8, 4) is 11.1 Å². The summed E-state index contributed by atoms with van der Waals surface area (Å²) in [4.78, 5) is 2.76. The van der Waals surface area contributed by atoms with E-state index in [1.165, 1.54) is 98.3 Å². The lowest BCUT2D eigenvalue weighted by molar-refractivity contribution is 0.601. The molecule has 298 valence electrons. The summed E-state index contributed by atoms with van der Waals surface area (Å²) < 4.78 is 2.78. The van der Waals surface area contributed by atoms with Crippen LogP contribution in [0.5, 0.6) is 0 Å². The minimum absolute atomic E-state index is 0.0828. The fourth-order valence-corrected chi connectivity index (χ4v) is 13.7. The fraction of sp³-hybridized carbons (Fsp3) is 0.167. The maximum atomic E-state index is 2.76. The van der Waals surface area contributed by atoms with E-state index in [1.807, 2.05) is 11.3 Å². The maximum Gasteiger partial charge on any atom is 0.0673 e. The van der Waals surface area contributed by atoms with Gasteiger partial charge in [-0.1, -0.05) is 189 Å². The number of fused-ring (bicyclic) bond motifs is 12. The quantitative estimate of drug-likeness (QED) is 0.167. The average Bonchev–Trinajstić information content (AvgIpc) is 3.93. The standard InChI is InChI=1S/C60H47NS/c1-59(2)51-27-15-13-24-45(51)46-31-29-42(37-54(46)59)61(55-35-38-17-9-10-22-43(38)44-23-11-12-25-47(44)55)41-30-33-52-50(36-41)57-53(34-32-49-48-26-14-16-28-56(48)62-58(49)57)60(52,39-18-5-3-6-19-39)40-20-7-4-8-21-40/h3-7,9-20,22-35,37,41,44,47H,8,21,36H2,1-2H3. The SMILES string of the molecule is CC1(C)c2ccccc2-c2ccc(N(C3=Cc4ccccc4C4C=CC=CC34)C3C=CC4=C(C3)c3c(ccc5c3sc3ccccc35)C4(C3=CC=CCC3)c3ccccc3)cc21. The smallest absolute Gasteiger partial charge is 0.0673 e. The summed E-state index contributed by atoms with van der Waals surface area (Å²) in [5, 5.41) is 2.73. The molecule has 0 radical (unpaired) electrons. The van der Waals surface area contributed by atoms with E-state index in [4.69, 9.17) is 0 Å². The molecule has 1 nitrogen and oxygen atoms in total. The highest BCUT2D eigenvalue weighted by Crippen LogP contribution is 2.62. The molecule has 13 rings (SSSR count). The number of benzene rings is 6. The molecule has 0 fully saturated rings. The molecule has 0 bridgehead atoms. The van der Waals surface area contributed by atoms with E-state index in [0.717, 1.165) is 19.3 Å². The molecule has 62 heavy (non-hydrogen) atoms. The lowest BCUT2D eigenvalue weighted by atomic mass is 9.64. The number of rotatable bonds is 5. The van der Waals surface area contributed by atoms with Crippen LogP contribution in [0.2, 0.25) is 0 Å². The van der Waals surface area contributed by atoms with Gasteiger partial charge in [0.25, 0.3) is 0 Å². The van der Waals surface area contributed by atoms with Crippen LogP contribution in [0.4, 0.5) is 5.69 Å². The number of allylic oxidation sites excluding steroid dienone is 10. The second-order valence-electron chi connectivity index (χ2n) is 18.6. The van der Waals surface area contributed by atoms with E-state index in [9.17, 15) is 0 Å². The number of anilines is 1. The first kappa shape index (κ1) is 36.2. The van der Waals surface area contributed by atoms with E-state index in [2.05, 4.69) is 213 Å². The van der Waals surface area contributed by atoms with Gasteiger partial charge in [0.2, 0.25) is 0 Å². The van der Waals surface area contributed by atoms with Crippen molar-refractivity contribution in [3.05, 3.63) is 244 Å². The summed E-state index contributed by atoms with van der Waals surface area (Å²) in [6.07, 6.45) is 27.2. The molecule has 6 aliphatic rings. The molecule has 2 heteroatoms. The van der Waals surface area contributed by atoms with Crippen molar-refractivity contribution in [1.82, 2.24) is 0 Å². The Bertz CT molecular complexity index is 3270. The van der Waals surface area contributed by atoms with Gasteiger partial charge in [-0.05, 0) is 99.2 Å². The summed E-state index contributed by atoms with van der Waals surface area (Å²) in [6, 6.07) is 51.0. The molecule has 0 spiro atoms. The Labute approximate surface area is 368 Å². The highest BCUT2D eigenvalue weighted by Gasteiger charge is 2.50. The molecule has 1 aromatic heterocycles. The molecule has 7 aromatic rings. The minimum atomic E-state index is -0.373. The van der Waals surface area contributed by atoms with Gasteiger partial charge in [-0.2, -0.15) is 0 Å². The lowest BCUT2D eigenvalue weighted by Crippen LogP contribution is -2.40. The summed E-state index contributed by atoms with van der Waals surface area (Å²) in [7, 11) is 0. The van der Waals surface area contributed by atoms with Crippen molar-refractivity contribution >= 4 is 48.8 Å². The lowest BCUT2D eigenvalue weighted by Gasteiger charge is -2.44.